The molecule has 0 fully saturated rings. The van der Waals surface area contributed by atoms with Crippen LogP contribution in [0.2, 0.25) is 0 Å². The molecule has 2 aromatic rings. The molecule has 1 heterocycles. The predicted octanol–water partition coefficient (Wildman–Crippen LogP) is 3.43. The molecule has 1 nitrogen and oxygen atoms in total. The van der Waals surface area contributed by atoms with Crippen molar-refractivity contribution >= 4 is 23.4 Å². The molecule has 0 saturated carbocycles. The fraction of sp³-hybridized carbons (Fsp3) is 0.200. The summed E-state index contributed by atoms with van der Waals surface area (Å²) in [5.41, 5.74) is 1.15. The van der Waals surface area contributed by atoms with Gasteiger partial charge in [-0.05, 0) is 12.3 Å². The Hall–Kier alpha value is -0.890. The van der Waals surface area contributed by atoms with Crippen LogP contribution in [-0.2, 0) is 0 Å². The monoisotopic (exact) mass is 176 g/mol. The zero-order valence-electron chi connectivity index (χ0n) is 6.87. The van der Waals surface area contributed by atoms with Gasteiger partial charge in [0.05, 0.1) is 5.25 Å². The lowest BCUT2D eigenvalue weighted by Gasteiger charge is -1.99. The molecule has 1 N–H and O–H groups in total. The lowest BCUT2D eigenvalue weighted by molar-refractivity contribution is 1.05. The van der Waals surface area contributed by atoms with Crippen LogP contribution in [0.4, 0.5) is 0 Å². The molecule has 0 aliphatic rings. The number of aromatic amines is 1. The lowest BCUT2D eigenvalue weighted by atomic mass is 10.1. The Morgan fingerprint density at radius 2 is 2.08 bits per heavy atom. The molecule has 0 amide bonds. The Morgan fingerprint density at radius 3 is 2.83 bits per heavy atom. The van der Waals surface area contributed by atoms with E-state index >= 15 is 0 Å². The maximum absolute atomic E-state index is 5.20. The Bertz CT molecular complexity index is 389. The van der Waals surface area contributed by atoms with Gasteiger partial charge < -0.3 is 4.98 Å². The van der Waals surface area contributed by atoms with Gasteiger partial charge in [-0.3, -0.25) is 0 Å². The predicted molar refractivity (Wildman–Crippen MR) is 54.3 cm³/mol. The second-order valence-corrected chi connectivity index (χ2v) is 3.64. The van der Waals surface area contributed by atoms with Crippen LogP contribution >= 0.6 is 12.6 Å². The molecule has 12 heavy (non-hydrogen) atoms. The Labute approximate surface area is 77.2 Å². The summed E-state index contributed by atoms with van der Waals surface area (Å²) < 4.78 is 0. The van der Waals surface area contributed by atoms with Gasteiger partial charge in [0.2, 0.25) is 0 Å². The highest BCUT2D eigenvalue weighted by Gasteiger charge is 2.06. The van der Waals surface area contributed by atoms with E-state index in [0.29, 0.717) is 0 Å². The molecule has 0 aliphatic carbocycles. The molecule has 1 radical (unpaired) electrons. The number of rotatable bonds is 1. The highest BCUT2D eigenvalue weighted by atomic mass is 32.1. The quantitative estimate of drug-likeness (QED) is 0.685. The average molecular weight is 176 g/mol. The summed E-state index contributed by atoms with van der Waals surface area (Å²) in [5.74, 6) is 0. The van der Waals surface area contributed by atoms with Gasteiger partial charge in [-0.15, -0.1) is 0 Å². The second kappa shape index (κ2) is 2.87. The SMILES string of the molecule is CC([S])c1[nH]cc2ccccc12. The van der Waals surface area contributed by atoms with Crippen LogP contribution in [0.25, 0.3) is 10.8 Å². The van der Waals surface area contributed by atoms with Crippen molar-refractivity contribution in [3.05, 3.63) is 36.2 Å². The minimum absolute atomic E-state index is 0.157. The maximum atomic E-state index is 5.20. The number of H-pyrrole nitrogens is 1. The molecule has 0 aliphatic heterocycles. The third kappa shape index (κ3) is 1.12. The summed E-state index contributed by atoms with van der Waals surface area (Å²) in [7, 11) is 0. The molecule has 0 saturated heterocycles. The number of hydrogen-bond acceptors (Lipinski definition) is 0. The minimum atomic E-state index is 0.157. The fourth-order valence-corrected chi connectivity index (χ4v) is 1.63. The van der Waals surface area contributed by atoms with Crippen molar-refractivity contribution in [2.75, 3.05) is 0 Å². The van der Waals surface area contributed by atoms with Crippen molar-refractivity contribution in [2.45, 2.75) is 12.2 Å². The standard InChI is InChI=1S/C10H10NS/c1-7(12)10-9-5-3-2-4-8(9)6-11-10/h2-7,11H,1H3. The zero-order chi connectivity index (χ0) is 8.55. The van der Waals surface area contributed by atoms with Gasteiger partial charge in [0.1, 0.15) is 0 Å². The molecule has 1 aromatic heterocycles. The first-order valence-electron chi connectivity index (χ1n) is 4.01. The molecule has 1 aromatic carbocycles. The van der Waals surface area contributed by atoms with Gasteiger partial charge in [0.15, 0.2) is 0 Å². The van der Waals surface area contributed by atoms with Crippen LogP contribution < -0.4 is 0 Å². The van der Waals surface area contributed by atoms with Crippen LogP contribution in [0, 0.1) is 0 Å². The van der Waals surface area contributed by atoms with Gasteiger partial charge in [0.25, 0.3) is 0 Å². The number of fused-ring (bicyclic) bond motifs is 1. The van der Waals surface area contributed by atoms with E-state index < -0.39 is 0 Å². The van der Waals surface area contributed by atoms with Crippen molar-refractivity contribution in [3.8, 4) is 0 Å². The molecule has 1 unspecified atom stereocenters. The van der Waals surface area contributed by atoms with E-state index in [4.69, 9.17) is 12.6 Å². The van der Waals surface area contributed by atoms with Gasteiger partial charge in [-0.25, -0.2) is 0 Å². The topological polar surface area (TPSA) is 15.8 Å². The molecule has 2 rings (SSSR count). The smallest absolute Gasteiger partial charge is 0.0530 e. The third-order valence-corrected chi connectivity index (χ3v) is 2.28. The first-order chi connectivity index (χ1) is 5.79. The van der Waals surface area contributed by atoms with E-state index in [0.717, 1.165) is 5.69 Å². The summed E-state index contributed by atoms with van der Waals surface area (Å²) in [6, 6.07) is 8.27. The second-order valence-electron chi connectivity index (χ2n) is 2.93. The van der Waals surface area contributed by atoms with Crippen LogP contribution in [0.1, 0.15) is 17.9 Å². The maximum Gasteiger partial charge on any atom is 0.0530 e. The van der Waals surface area contributed by atoms with Crippen molar-refractivity contribution < 1.29 is 0 Å². The molecule has 1 atom stereocenters. The van der Waals surface area contributed by atoms with Crippen LogP contribution in [0.3, 0.4) is 0 Å². The summed E-state index contributed by atoms with van der Waals surface area (Å²) >= 11 is 5.20. The van der Waals surface area contributed by atoms with Crippen molar-refractivity contribution in [3.63, 3.8) is 0 Å². The lowest BCUT2D eigenvalue weighted by Crippen LogP contribution is -1.83. The average Bonchev–Trinajstić information content (AvgIpc) is 2.47. The third-order valence-electron chi connectivity index (χ3n) is 2.04. The summed E-state index contributed by atoms with van der Waals surface area (Å²) in [6.45, 7) is 2.02. The summed E-state index contributed by atoms with van der Waals surface area (Å²) in [4.78, 5) is 3.21. The van der Waals surface area contributed by atoms with Crippen LogP contribution in [0.5, 0.6) is 0 Å². The first kappa shape index (κ1) is 7.74. The normalized spacial score (nSPS) is 13.5. The number of hydrogen-bond donors (Lipinski definition) is 1. The number of benzene rings is 1. The largest absolute Gasteiger partial charge is 0.363 e. The first-order valence-corrected chi connectivity index (χ1v) is 4.48. The zero-order valence-corrected chi connectivity index (χ0v) is 7.69. The highest BCUT2D eigenvalue weighted by molar-refractivity contribution is 7.80. The van der Waals surface area contributed by atoms with Gasteiger partial charge in [0, 0.05) is 17.3 Å². The van der Waals surface area contributed by atoms with Gasteiger partial charge >= 0.3 is 0 Å². The Kier molecular flexibility index (Phi) is 1.85. The number of aromatic nitrogens is 1. The van der Waals surface area contributed by atoms with Gasteiger partial charge in [-0.2, -0.15) is 0 Å². The Balaban J connectivity index is 2.70. The molecule has 2 heteroatoms. The van der Waals surface area contributed by atoms with Crippen LogP contribution in [0.15, 0.2) is 30.5 Å². The summed E-state index contributed by atoms with van der Waals surface area (Å²) in [6.07, 6.45) is 2.01. The summed E-state index contributed by atoms with van der Waals surface area (Å²) in [5, 5.41) is 2.65. The Morgan fingerprint density at radius 1 is 1.33 bits per heavy atom. The van der Waals surface area contributed by atoms with E-state index in [1.54, 1.807) is 0 Å². The fourth-order valence-electron chi connectivity index (χ4n) is 1.44. The van der Waals surface area contributed by atoms with Gasteiger partial charge in [-0.1, -0.05) is 36.9 Å². The molecule has 61 valence electrons. The number of nitrogens with one attached hydrogen (secondary N) is 1. The minimum Gasteiger partial charge on any atom is -0.363 e. The highest BCUT2D eigenvalue weighted by Crippen LogP contribution is 2.26. The molecule has 0 spiro atoms. The molecule has 0 bridgehead atoms. The van der Waals surface area contributed by atoms with E-state index in [2.05, 4.69) is 17.1 Å². The molecular formula is C10H10NS. The van der Waals surface area contributed by atoms with E-state index in [1.165, 1.54) is 10.8 Å². The van der Waals surface area contributed by atoms with E-state index in [9.17, 15) is 0 Å². The van der Waals surface area contributed by atoms with Crippen molar-refractivity contribution in [1.82, 2.24) is 4.98 Å². The van der Waals surface area contributed by atoms with Crippen LogP contribution in [-0.4, -0.2) is 4.98 Å². The van der Waals surface area contributed by atoms with E-state index in [1.807, 2.05) is 25.3 Å². The molecular weight excluding hydrogens is 166 g/mol. The van der Waals surface area contributed by atoms with Crippen molar-refractivity contribution in [1.29, 1.82) is 0 Å². The van der Waals surface area contributed by atoms with Crippen molar-refractivity contribution in [2.24, 2.45) is 0 Å². The van der Waals surface area contributed by atoms with E-state index in [-0.39, 0.29) is 5.25 Å².